The van der Waals surface area contributed by atoms with Gasteiger partial charge in [-0.15, -0.1) is 0 Å². The van der Waals surface area contributed by atoms with Crippen molar-refractivity contribution in [3.63, 3.8) is 0 Å². The summed E-state index contributed by atoms with van der Waals surface area (Å²) < 4.78 is 5.52. The van der Waals surface area contributed by atoms with Crippen molar-refractivity contribution >= 4 is 5.69 Å². The van der Waals surface area contributed by atoms with Crippen LogP contribution in [0.25, 0.3) is 0 Å². The van der Waals surface area contributed by atoms with Gasteiger partial charge in [-0.25, -0.2) is 0 Å². The van der Waals surface area contributed by atoms with Crippen LogP contribution in [0.15, 0.2) is 48.5 Å². The van der Waals surface area contributed by atoms with Crippen molar-refractivity contribution < 1.29 is 14.8 Å². The number of nitro benzene ring substituents is 1. The number of non-ortho nitro benzene ring substituents is 1. The molecule has 0 aliphatic rings. The molecule has 5 heteroatoms. The number of benzene rings is 2. The lowest BCUT2D eigenvalue weighted by Gasteiger charge is -2.06. The van der Waals surface area contributed by atoms with E-state index < -0.39 is 4.92 Å². The molecule has 2 aromatic carbocycles. The first kappa shape index (κ1) is 13.0. The molecule has 2 aromatic rings. The fraction of sp³-hybridized carbons (Fsp3) is 0.143. The Morgan fingerprint density at radius 2 is 1.58 bits per heavy atom. The number of aliphatic hydroxyl groups is 1. The van der Waals surface area contributed by atoms with Gasteiger partial charge in [-0.2, -0.15) is 0 Å². The van der Waals surface area contributed by atoms with Gasteiger partial charge in [0.05, 0.1) is 11.5 Å². The summed E-state index contributed by atoms with van der Waals surface area (Å²) in [6.45, 7) is 0.396. The number of aliphatic hydroxyl groups excluding tert-OH is 1. The normalized spacial score (nSPS) is 10.2. The maximum atomic E-state index is 10.5. The highest BCUT2D eigenvalue weighted by atomic mass is 16.6. The fourth-order valence-corrected chi connectivity index (χ4v) is 1.57. The van der Waals surface area contributed by atoms with Gasteiger partial charge in [-0.3, -0.25) is 10.1 Å². The lowest BCUT2D eigenvalue weighted by atomic mass is 10.1. The van der Waals surface area contributed by atoms with Crippen molar-refractivity contribution in [2.75, 3.05) is 0 Å². The largest absolute Gasteiger partial charge is 0.489 e. The molecule has 98 valence electrons. The van der Waals surface area contributed by atoms with Crippen molar-refractivity contribution in [1.29, 1.82) is 0 Å². The Morgan fingerprint density at radius 1 is 1.00 bits per heavy atom. The average Bonchev–Trinajstić information content (AvgIpc) is 2.46. The molecule has 0 aliphatic heterocycles. The van der Waals surface area contributed by atoms with Gasteiger partial charge >= 0.3 is 0 Å². The molecular formula is C14H13NO4. The summed E-state index contributed by atoms with van der Waals surface area (Å²) in [5.41, 5.74) is 1.86. The van der Waals surface area contributed by atoms with E-state index in [2.05, 4.69) is 0 Å². The summed E-state index contributed by atoms with van der Waals surface area (Å²) in [6.07, 6.45) is 0. The Labute approximate surface area is 110 Å². The molecule has 19 heavy (non-hydrogen) atoms. The van der Waals surface area contributed by atoms with E-state index in [0.29, 0.717) is 12.4 Å². The van der Waals surface area contributed by atoms with Crippen LogP contribution in [-0.4, -0.2) is 10.0 Å². The molecule has 0 radical (unpaired) electrons. The number of hydrogen-bond acceptors (Lipinski definition) is 4. The minimum Gasteiger partial charge on any atom is -0.489 e. The summed E-state index contributed by atoms with van der Waals surface area (Å²) in [5.74, 6) is 0.580. The highest BCUT2D eigenvalue weighted by molar-refractivity contribution is 5.36. The maximum absolute atomic E-state index is 10.5. The van der Waals surface area contributed by atoms with Gasteiger partial charge in [0.25, 0.3) is 5.69 Å². The van der Waals surface area contributed by atoms with E-state index in [1.54, 1.807) is 12.1 Å². The van der Waals surface area contributed by atoms with Gasteiger partial charge in [0.15, 0.2) is 0 Å². The molecule has 0 spiro atoms. The van der Waals surface area contributed by atoms with Gasteiger partial charge in [0.2, 0.25) is 0 Å². The van der Waals surface area contributed by atoms with Crippen molar-refractivity contribution in [3.8, 4) is 5.75 Å². The molecule has 0 unspecified atom stereocenters. The zero-order chi connectivity index (χ0) is 13.7. The molecule has 1 N–H and O–H groups in total. The predicted octanol–water partition coefficient (Wildman–Crippen LogP) is 2.67. The van der Waals surface area contributed by atoms with Crippen LogP contribution in [-0.2, 0) is 13.2 Å². The maximum Gasteiger partial charge on any atom is 0.269 e. The summed E-state index contributed by atoms with van der Waals surface area (Å²) in [6, 6.07) is 13.4. The lowest BCUT2D eigenvalue weighted by Crippen LogP contribution is -1.96. The van der Waals surface area contributed by atoms with Gasteiger partial charge < -0.3 is 9.84 Å². The Kier molecular flexibility index (Phi) is 4.10. The van der Waals surface area contributed by atoms with Crippen molar-refractivity contribution in [1.82, 2.24) is 0 Å². The van der Waals surface area contributed by atoms with Gasteiger partial charge in [0.1, 0.15) is 12.4 Å². The molecule has 0 aliphatic carbocycles. The van der Waals surface area contributed by atoms with E-state index in [9.17, 15) is 10.1 Å². The molecule has 0 heterocycles. The van der Waals surface area contributed by atoms with Crippen LogP contribution in [0.2, 0.25) is 0 Å². The second kappa shape index (κ2) is 5.97. The van der Waals surface area contributed by atoms with Gasteiger partial charge in [-0.1, -0.05) is 24.3 Å². The molecule has 0 saturated carbocycles. The smallest absolute Gasteiger partial charge is 0.269 e. The number of nitro groups is 1. The molecule has 0 atom stereocenters. The Bertz CT molecular complexity index is 549. The van der Waals surface area contributed by atoms with Crippen molar-refractivity contribution in [2.45, 2.75) is 13.2 Å². The first-order valence-electron chi connectivity index (χ1n) is 5.75. The van der Waals surface area contributed by atoms with E-state index in [1.807, 2.05) is 24.3 Å². The molecule has 0 amide bonds. The Hall–Kier alpha value is -2.40. The second-order valence-electron chi connectivity index (χ2n) is 4.01. The standard InChI is InChI=1S/C14H13NO4/c16-9-11-1-3-12(4-2-11)10-19-14-7-5-13(6-8-14)15(17)18/h1-8,16H,9-10H2. The minimum atomic E-state index is -0.447. The van der Waals surface area contributed by atoms with Crippen LogP contribution in [0.3, 0.4) is 0 Å². The number of hydrogen-bond donors (Lipinski definition) is 1. The third-order valence-corrected chi connectivity index (χ3v) is 2.66. The second-order valence-corrected chi connectivity index (χ2v) is 4.01. The van der Waals surface area contributed by atoms with Crippen molar-refractivity contribution in [2.24, 2.45) is 0 Å². The average molecular weight is 259 g/mol. The van der Waals surface area contributed by atoms with Gasteiger partial charge in [0, 0.05) is 12.1 Å². The van der Waals surface area contributed by atoms with Crippen LogP contribution in [0.5, 0.6) is 5.75 Å². The van der Waals surface area contributed by atoms with Crippen molar-refractivity contribution in [3.05, 3.63) is 69.8 Å². The topological polar surface area (TPSA) is 72.6 Å². The Morgan fingerprint density at radius 3 is 2.11 bits per heavy atom. The fourth-order valence-electron chi connectivity index (χ4n) is 1.57. The molecule has 0 saturated heterocycles. The monoisotopic (exact) mass is 259 g/mol. The third-order valence-electron chi connectivity index (χ3n) is 2.66. The van der Waals surface area contributed by atoms with E-state index in [0.717, 1.165) is 11.1 Å². The number of ether oxygens (including phenoxy) is 1. The molecule has 0 aromatic heterocycles. The first-order valence-corrected chi connectivity index (χ1v) is 5.75. The summed E-state index contributed by atoms with van der Waals surface area (Å²) >= 11 is 0. The lowest BCUT2D eigenvalue weighted by molar-refractivity contribution is -0.384. The molecule has 0 fully saturated rings. The summed E-state index contributed by atoms with van der Waals surface area (Å²) in [7, 11) is 0. The zero-order valence-electron chi connectivity index (χ0n) is 10.2. The third kappa shape index (κ3) is 3.53. The molecule has 2 rings (SSSR count). The Balaban J connectivity index is 1.95. The predicted molar refractivity (Wildman–Crippen MR) is 69.8 cm³/mol. The van der Waals surface area contributed by atoms with Crippen LogP contribution >= 0.6 is 0 Å². The van der Waals surface area contributed by atoms with Crippen LogP contribution < -0.4 is 4.74 Å². The van der Waals surface area contributed by atoms with Crippen LogP contribution in [0.4, 0.5) is 5.69 Å². The summed E-state index contributed by atoms with van der Waals surface area (Å²) in [4.78, 5) is 10.0. The number of rotatable bonds is 5. The van der Waals surface area contributed by atoms with E-state index in [-0.39, 0.29) is 12.3 Å². The molecule has 0 bridgehead atoms. The summed E-state index contributed by atoms with van der Waals surface area (Å²) in [5, 5.41) is 19.4. The molecule has 5 nitrogen and oxygen atoms in total. The van der Waals surface area contributed by atoms with Gasteiger partial charge in [-0.05, 0) is 23.3 Å². The SMILES string of the molecule is O=[N+]([O-])c1ccc(OCc2ccc(CO)cc2)cc1. The zero-order valence-corrected chi connectivity index (χ0v) is 10.2. The van der Waals surface area contributed by atoms with E-state index in [1.165, 1.54) is 12.1 Å². The minimum absolute atomic E-state index is 0.0174. The van der Waals surface area contributed by atoms with Crippen LogP contribution in [0, 0.1) is 10.1 Å². The van der Waals surface area contributed by atoms with Crippen LogP contribution in [0.1, 0.15) is 11.1 Å². The molecular weight excluding hydrogens is 246 g/mol. The van der Waals surface area contributed by atoms with E-state index in [4.69, 9.17) is 9.84 Å². The highest BCUT2D eigenvalue weighted by Gasteiger charge is 2.04. The quantitative estimate of drug-likeness (QED) is 0.661. The first-order chi connectivity index (χ1) is 9.19. The van der Waals surface area contributed by atoms with E-state index >= 15 is 0 Å². The highest BCUT2D eigenvalue weighted by Crippen LogP contribution is 2.18. The number of nitrogens with zero attached hydrogens (tertiary/aromatic N) is 1.